The second kappa shape index (κ2) is 8.06. The molecule has 7 heteroatoms. The van der Waals surface area contributed by atoms with Crippen molar-refractivity contribution in [3.8, 4) is 6.07 Å². The van der Waals surface area contributed by atoms with Gasteiger partial charge in [0.1, 0.15) is 5.69 Å². The monoisotopic (exact) mass is 329 g/mol. The van der Waals surface area contributed by atoms with Crippen LogP contribution in [0.1, 0.15) is 11.1 Å². The summed E-state index contributed by atoms with van der Waals surface area (Å²) in [4.78, 5) is 10.5. The molecule has 2 aromatic carbocycles. The summed E-state index contributed by atoms with van der Waals surface area (Å²) in [5.74, 6) is 0.837. The molecule has 0 aliphatic carbocycles. The zero-order valence-electron chi connectivity index (χ0n) is 12.3. The molecule has 118 valence electrons. The van der Waals surface area contributed by atoms with Crippen molar-refractivity contribution in [2.75, 3.05) is 17.6 Å². The molecule has 0 saturated heterocycles. The van der Waals surface area contributed by atoms with Crippen LogP contribution in [0.4, 0.5) is 11.4 Å². The highest BCUT2D eigenvalue weighted by molar-refractivity contribution is 7.84. The highest BCUT2D eigenvalue weighted by Crippen LogP contribution is 2.25. The van der Waals surface area contributed by atoms with Gasteiger partial charge in [-0.3, -0.25) is 14.3 Å². The number of hydrogen-bond donors (Lipinski definition) is 1. The molecule has 23 heavy (non-hydrogen) atoms. The number of anilines is 1. The van der Waals surface area contributed by atoms with Crippen molar-refractivity contribution in [2.24, 2.45) is 0 Å². The second-order valence-electron chi connectivity index (χ2n) is 4.80. The standard InChI is InChI=1S/C16H15N3O3S/c17-11-14-6-7-15(16(10-14)19(20)21)18-8-9-23(22)12-13-4-2-1-3-5-13/h1-7,10,18H,8-9,12H2/t23-/m0/s1. The maximum Gasteiger partial charge on any atom is 0.293 e. The highest BCUT2D eigenvalue weighted by Gasteiger charge is 2.14. The third-order valence-corrected chi connectivity index (χ3v) is 4.45. The summed E-state index contributed by atoms with van der Waals surface area (Å²) in [5, 5.41) is 22.7. The van der Waals surface area contributed by atoms with Gasteiger partial charge in [0, 0.05) is 34.9 Å². The molecule has 0 unspecified atom stereocenters. The lowest BCUT2D eigenvalue weighted by Gasteiger charge is -2.07. The summed E-state index contributed by atoms with van der Waals surface area (Å²) in [7, 11) is -1.05. The van der Waals surface area contributed by atoms with Crippen LogP contribution in [0.2, 0.25) is 0 Å². The number of nitrogens with zero attached hydrogens (tertiary/aromatic N) is 2. The predicted octanol–water partition coefficient (Wildman–Crippen LogP) is 2.83. The normalized spacial score (nSPS) is 11.4. The van der Waals surface area contributed by atoms with Crippen LogP contribution in [0, 0.1) is 21.4 Å². The Morgan fingerprint density at radius 1 is 1.22 bits per heavy atom. The summed E-state index contributed by atoms with van der Waals surface area (Å²) >= 11 is 0. The van der Waals surface area contributed by atoms with Crippen LogP contribution in [0.3, 0.4) is 0 Å². The number of hydrogen-bond acceptors (Lipinski definition) is 5. The number of benzene rings is 2. The van der Waals surface area contributed by atoms with Crippen molar-refractivity contribution in [1.29, 1.82) is 5.26 Å². The molecule has 0 aliphatic heterocycles. The molecule has 0 aromatic heterocycles. The van der Waals surface area contributed by atoms with Crippen molar-refractivity contribution in [2.45, 2.75) is 5.75 Å². The Balaban J connectivity index is 1.92. The largest absolute Gasteiger partial charge is 0.379 e. The molecule has 2 aromatic rings. The first kappa shape index (κ1) is 16.6. The number of nitriles is 1. The summed E-state index contributed by atoms with van der Waals surface area (Å²) in [6.45, 7) is 0.353. The Kier molecular flexibility index (Phi) is 5.83. The Labute approximate surface area is 136 Å². The van der Waals surface area contributed by atoms with Crippen LogP contribution in [0.5, 0.6) is 0 Å². The molecule has 0 amide bonds. The quantitative estimate of drug-likeness (QED) is 0.622. The molecule has 0 saturated carbocycles. The van der Waals surface area contributed by atoms with E-state index in [9.17, 15) is 14.3 Å². The number of rotatable bonds is 7. The van der Waals surface area contributed by atoms with E-state index in [0.717, 1.165) is 5.56 Å². The van der Waals surface area contributed by atoms with Gasteiger partial charge in [-0.25, -0.2) is 0 Å². The van der Waals surface area contributed by atoms with Gasteiger partial charge in [0.25, 0.3) is 5.69 Å². The average molecular weight is 329 g/mol. The van der Waals surface area contributed by atoms with E-state index in [1.807, 2.05) is 36.4 Å². The average Bonchev–Trinajstić information content (AvgIpc) is 2.55. The summed E-state index contributed by atoms with van der Waals surface area (Å²) < 4.78 is 12.0. The lowest BCUT2D eigenvalue weighted by atomic mass is 10.2. The van der Waals surface area contributed by atoms with Crippen molar-refractivity contribution in [1.82, 2.24) is 0 Å². The minimum absolute atomic E-state index is 0.155. The number of nitro groups is 1. The first-order valence-corrected chi connectivity index (χ1v) is 8.40. The van der Waals surface area contributed by atoms with Gasteiger partial charge in [0.2, 0.25) is 0 Å². The van der Waals surface area contributed by atoms with Gasteiger partial charge in [0.15, 0.2) is 0 Å². The van der Waals surface area contributed by atoms with E-state index in [1.54, 1.807) is 0 Å². The Morgan fingerprint density at radius 2 is 1.96 bits per heavy atom. The van der Waals surface area contributed by atoms with Gasteiger partial charge in [-0.05, 0) is 17.7 Å². The van der Waals surface area contributed by atoms with Crippen molar-refractivity contribution >= 4 is 22.2 Å². The van der Waals surface area contributed by atoms with E-state index in [1.165, 1.54) is 18.2 Å². The summed E-state index contributed by atoms with van der Waals surface area (Å²) in [5.41, 5.74) is 1.40. The fourth-order valence-electron chi connectivity index (χ4n) is 2.03. The van der Waals surface area contributed by atoms with Crippen molar-refractivity contribution in [3.63, 3.8) is 0 Å². The van der Waals surface area contributed by atoms with E-state index < -0.39 is 15.7 Å². The first-order chi connectivity index (χ1) is 11.1. The Hall–Kier alpha value is -2.72. The number of nitrogens with one attached hydrogen (secondary N) is 1. The Morgan fingerprint density at radius 3 is 2.61 bits per heavy atom. The van der Waals surface area contributed by atoms with E-state index in [0.29, 0.717) is 23.7 Å². The van der Waals surface area contributed by atoms with Gasteiger partial charge in [-0.2, -0.15) is 5.26 Å². The fraction of sp³-hybridized carbons (Fsp3) is 0.188. The van der Waals surface area contributed by atoms with Crippen LogP contribution in [-0.2, 0) is 16.6 Å². The van der Waals surface area contributed by atoms with Crippen LogP contribution in [-0.4, -0.2) is 21.4 Å². The zero-order chi connectivity index (χ0) is 16.7. The van der Waals surface area contributed by atoms with E-state index in [2.05, 4.69) is 5.32 Å². The molecule has 6 nitrogen and oxygen atoms in total. The molecule has 2 rings (SSSR count). The molecule has 0 aliphatic rings. The third kappa shape index (κ3) is 4.90. The molecular weight excluding hydrogens is 314 g/mol. The van der Waals surface area contributed by atoms with Gasteiger partial charge in [0.05, 0.1) is 16.6 Å². The molecule has 0 spiro atoms. The van der Waals surface area contributed by atoms with E-state index in [4.69, 9.17) is 5.26 Å². The molecule has 1 N–H and O–H groups in total. The minimum Gasteiger partial charge on any atom is -0.379 e. The Bertz CT molecular complexity index is 757. The minimum atomic E-state index is -1.05. The van der Waals surface area contributed by atoms with Crippen LogP contribution < -0.4 is 5.32 Å². The van der Waals surface area contributed by atoms with E-state index in [-0.39, 0.29) is 11.3 Å². The van der Waals surface area contributed by atoms with Gasteiger partial charge in [-0.15, -0.1) is 0 Å². The smallest absolute Gasteiger partial charge is 0.293 e. The summed E-state index contributed by atoms with van der Waals surface area (Å²) in [6, 6.07) is 15.6. The van der Waals surface area contributed by atoms with Crippen LogP contribution >= 0.6 is 0 Å². The summed E-state index contributed by atoms with van der Waals surface area (Å²) in [6.07, 6.45) is 0. The van der Waals surface area contributed by atoms with Crippen LogP contribution in [0.15, 0.2) is 48.5 Å². The predicted molar refractivity (Wildman–Crippen MR) is 89.5 cm³/mol. The second-order valence-corrected chi connectivity index (χ2v) is 6.38. The van der Waals surface area contributed by atoms with Crippen molar-refractivity contribution in [3.05, 3.63) is 69.8 Å². The van der Waals surface area contributed by atoms with Crippen molar-refractivity contribution < 1.29 is 9.13 Å². The third-order valence-electron chi connectivity index (χ3n) is 3.14. The van der Waals surface area contributed by atoms with E-state index >= 15 is 0 Å². The molecular formula is C16H15N3O3S. The molecule has 0 bridgehead atoms. The molecule has 0 heterocycles. The molecule has 0 fully saturated rings. The fourth-order valence-corrected chi connectivity index (χ4v) is 3.07. The SMILES string of the molecule is N#Cc1ccc(NCC[S@](=O)Cc2ccccc2)c([N+](=O)[O-])c1. The van der Waals surface area contributed by atoms with Gasteiger partial charge < -0.3 is 5.32 Å². The molecule has 1 atom stereocenters. The van der Waals surface area contributed by atoms with Gasteiger partial charge in [-0.1, -0.05) is 30.3 Å². The maximum absolute atomic E-state index is 12.0. The maximum atomic E-state index is 12.0. The topological polar surface area (TPSA) is 96.0 Å². The zero-order valence-corrected chi connectivity index (χ0v) is 13.1. The lowest BCUT2D eigenvalue weighted by molar-refractivity contribution is -0.384. The van der Waals surface area contributed by atoms with Crippen LogP contribution in [0.25, 0.3) is 0 Å². The molecule has 0 radical (unpaired) electrons. The first-order valence-electron chi connectivity index (χ1n) is 6.91. The number of nitro benzene ring substituents is 1. The highest BCUT2D eigenvalue weighted by atomic mass is 32.2. The lowest BCUT2D eigenvalue weighted by Crippen LogP contribution is -2.13. The van der Waals surface area contributed by atoms with Gasteiger partial charge >= 0.3 is 0 Å².